The highest BCUT2D eigenvalue weighted by Gasteiger charge is 2.55. The molecule has 4 heteroatoms. The Hall–Kier alpha value is -1.32. The number of fused-ring (bicyclic) bond motifs is 1. The van der Waals surface area contributed by atoms with Gasteiger partial charge >= 0.3 is 11.9 Å². The van der Waals surface area contributed by atoms with Gasteiger partial charge in [0.15, 0.2) is 0 Å². The molecular weight excluding hydrogens is 304 g/mol. The number of rotatable bonds is 4. The Labute approximate surface area is 144 Å². The summed E-state index contributed by atoms with van der Waals surface area (Å²) in [6.45, 7) is 7.36. The lowest BCUT2D eigenvalue weighted by Crippen LogP contribution is -2.51. The van der Waals surface area contributed by atoms with E-state index in [2.05, 4.69) is 20.8 Å². The summed E-state index contributed by atoms with van der Waals surface area (Å²) in [6.07, 6.45) is 8.58. The average Bonchev–Trinajstić information content (AvgIpc) is 2.94. The summed E-state index contributed by atoms with van der Waals surface area (Å²) >= 11 is 0. The number of cyclic esters (lactones) is 1. The van der Waals surface area contributed by atoms with Crippen LogP contribution in [0.5, 0.6) is 0 Å². The van der Waals surface area contributed by atoms with Crippen molar-refractivity contribution in [1.29, 1.82) is 0 Å². The van der Waals surface area contributed by atoms with Crippen molar-refractivity contribution < 1.29 is 19.4 Å². The molecule has 0 aromatic rings. The number of allylic oxidation sites excluding steroid dienone is 1. The van der Waals surface area contributed by atoms with Crippen molar-refractivity contribution in [3.8, 4) is 0 Å². The van der Waals surface area contributed by atoms with E-state index >= 15 is 0 Å². The minimum atomic E-state index is -0.751. The van der Waals surface area contributed by atoms with Gasteiger partial charge in [-0.15, -0.1) is 0 Å². The van der Waals surface area contributed by atoms with Crippen LogP contribution in [0.15, 0.2) is 11.6 Å². The minimum Gasteiger partial charge on any atom is -0.478 e. The van der Waals surface area contributed by atoms with Gasteiger partial charge in [-0.05, 0) is 62.2 Å². The maximum atomic E-state index is 11.8. The molecule has 1 saturated carbocycles. The molecule has 3 aliphatic rings. The lowest BCUT2D eigenvalue weighted by molar-refractivity contribution is -0.141. The first-order valence-electron chi connectivity index (χ1n) is 9.39. The zero-order valence-electron chi connectivity index (χ0n) is 15.1. The molecule has 134 valence electrons. The topological polar surface area (TPSA) is 63.6 Å². The highest BCUT2D eigenvalue weighted by Crippen LogP contribution is 2.62. The first-order valence-corrected chi connectivity index (χ1v) is 9.39. The number of carbonyl (C=O) groups excluding carboxylic acids is 1. The molecule has 0 bridgehead atoms. The monoisotopic (exact) mass is 334 g/mol. The zero-order valence-corrected chi connectivity index (χ0v) is 15.1. The highest BCUT2D eigenvalue weighted by molar-refractivity contribution is 5.88. The molecule has 2 aliphatic carbocycles. The molecular formula is C20H30O4. The van der Waals surface area contributed by atoms with Gasteiger partial charge in [0.25, 0.3) is 0 Å². The van der Waals surface area contributed by atoms with Crippen molar-refractivity contribution in [1.82, 2.24) is 0 Å². The first-order chi connectivity index (χ1) is 11.3. The molecule has 0 unspecified atom stereocenters. The summed E-state index contributed by atoms with van der Waals surface area (Å²) in [5.41, 5.74) is 0.476. The molecule has 0 aromatic heterocycles. The summed E-state index contributed by atoms with van der Waals surface area (Å²) in [7, 11) is 0. The van der Waals surface area contributed by atoms with Gasteiger partial charge in [0.2, 0.25) is 0 Å². The molecule has 1 aliphatic heterocycles. The molecule has 2 fully saturated rings. The van der Waals surface area contributed by atoms with Crippen molar-refractivity contribution >= 4 is 11.9 Å². The van der Waals surface area contributed by atoms with E-state index in [0.717, 1.165) is 44.9 Å². The summed E-state index contributed by atoms with van der Waals surface area (Å²) in [4.78, 5) is 23.6. The van der Waals surface area contributed by atoms with Gasteiger partial charge in [-0.25, -0.2) is 4.79 Å². The van der Waals surface area contributed by atoms with Crippen molar-refractivity contribution in [3.63, 3.8) is 0 Å². The van der Waals surface area contributed by atoms with Gasteiger partial charge in [-0.1, -0.05) is 26.8 Å². The Kier molecular flexibility index (Phi) is 4.52. The molecule has 1 N–H and O–H groups in total. The van der Waals surface area contributed by atoms with Crippen LogP contribution in [-0.4, -0.2) is 23.7 Å². The predicted octanol–water partition coefficient (Wildman–Crippen LogP) is 4.19. The SMILES string of the molecule is C[C@@H]1CC[C@@]2(C)C(C(=O)O)=CCC[C@@H]2[C@@]1(C)CC[C@@H]1CCOC1=O. The lowest BCUT2D eigenvalue weighted by atomic mass is 9.46. The number of hydrogen-bond acceptors (Lipinski definition) is 3. The molecule has 1 saturated heterocycles. The number of ether oxygens (including phenoxy) is 1. The Morgan fingerprint density at radius 1 is 1.33 bits per heavy atom. The number of carboxylic acids is 1. The Balaban J connectivity index is 1.84. The molecule has 1 heterocycles. The van der Waals surface area contributed by atoms with E-state index in [-0.39, 0.29) is 22.7 Å². The number of carboxylic acid groups (broad SMARTS) is 1. The van der Waals surface area contributed by atoms with Crippen molar-refractivity contribution in [2.24, 2.45) is 28.6 Å². The van der Waals surface area contributed by atoms with Crippen LogP contribution in [-0.2, 0) is 14.3 Å². The second-order valence-electron chi connectivity index (χ2n) is 8.61. The van der Waals surface area contributed by atoms with Gasteiger partial charge in [0.05, 0.1) is 12.5 Å². The number of esters is 1. The van der Waals surface area contributed by atoms with E-state index in [1.54, 1.807) is 0 Å². The first kappa shape index (κ1) is 17.5. The summed E-state index contributed by atoms with van der Waals surface area (Å²) in [5, 5.41) is 9.69. The maximum Gasteiger partial charge on any atom is 0.331 e. The number of hydrogen-bond donors (Lipinski definition) is 1. The molecule has 3 rings (SSSR count). The fourth-order valence-corrected chi connectivity index (χ4v) is 5.73. The summed E-state index contributed by atoms with van der Waals surface area (Å²) in [5.74, 6) is 0.182. The second-order valence-corrected chi connectivity index (χ2v) is 8.61. The summed E-state index contributed by atoms with van der Waals surface area (Å²) in [6, 6.07) is 0. The second kappa shape index (κ2) is 6.20. The molecule has 4 nitrogen and oxygen atoms in total. The van der Waals surface area contributed by atoms with Crippen LogP contribution in [0.4, 0.5) is 0 Å². The van der Waals surface area contributed by atoms with Crippen LogP contribution < -0.4 is 0 Å². The van der Waals surface area contributed by atoms with Crippen molar-refractivity contribution in [2.45, 2.75) is 65.7 Å². The Morgan fingerprint density at radius 2 is 2.08 bits per heavy atom. The van der Waals surface area contributed by atoms with Crippen LogP contribution in [0.25, 0.3) is 0 Å². The summed E-state index contributed by atoms with van der Waals surface area (Å²) < 4.78 is 5.11. The van der Waals surface area contributed by atoms with E-state index in [1.165, 1.54) is 0 Å². The lowest BCUT2D eigenvalue weighted by Gasteiger charge is -2.57. The molecule has 0 aromatic carbocycles. The van der Waals surface area contributed by atoms with E-state index in [1.807, 2.05) is 6.08 Å². The molecule has 5 atom stereocenters. The Morgan fingerprint density at radius 3 is 2.71 bits per heavy atom. The third-order valence-electron chi connectivity index (χ3n) is 7.51. The van der Waals surface area contributed by atoms with Crippen LogP contribution >= 0.6 is 0 Å². The predicted molar refractivity (Wildman–Crippen MR) is 91.4 cm³/mol. The fourth-order valence-electron chi connectivity index (χ4n) is 5.73. The standard InChI is InChI=1S/C20H30O4/c1-13-7-10-20(3)15(17(21)22)5-4-6-16(20)19(13,2)11-8-14-9-12-24-18(14)23/h5,13-14,16H,4,6-12H2,1-3H3,(H,21,22)/t13-,14-,16-,19+,20+/m1/s1. The van der Waals surface area contributed by atoms with Crippen LogP contribution in [0.3, 0.4) is 0 Å². The van der Waals surface area contributed by atoms with E-state index in [0.29, 0.717) is 24.0 Å². The minimum absolute atomic E-state index is 0.0419. The van der Waals surface area contributed by atoms with Crippen LogP contribution in [0, 0.1) is 28.6 Å². The van der Waals surface area contributed by atoms with Gasteiger partial charge in [0.1, 0.15) is 0 Å². The van der Waals surface area contributed by atoms with E-state index < -0.39 is 5.97 Å². The third-order valence-corrected chi connectivity index (χ3v) is 7.51. The largest absolute Gasteiger partial charge is 0.478 e. The van der Waals surface area contributed by atoms with E-state index in [4.69, 9.17) is 4.74 Å². The zero-order chi connectivity index (χ0) is 17.5. The van der Waals surface area contributed by atoms with Crippen molar-refractivity contribution in [2.75, 3.05) is 6.61 Å². The molecule has 0 radical (unpaired) electrons. The van der Waals surface area contributed by atoms with Crippen LogP contribution in [0.1, 0.15) is 65.7 Å². The Bertz CT molecular complexity index is 566. The van der Waals surface area contributed by atoms with Gasteiger partial charge in [-0.3, -0.25) is 4.79 Å². The fraction of sp³-hybridized carbons (Fsp3) is 0.800. The highest BCUT2D eigenvalue weighted by atomic mass is 16.5. The smallest absolute Gasteiger partial charge is 0.331 e. The van der Waals surface area contributed by atoms with Gasteiger partial charge in [0, 0.05) is 11.0 Å². The van der Waals surface area contributed by atoms with Crippen LogP contribution in [0.2, 0.25) is 0 Å². The van der Waals surface area contributed by atoms with Gasteiger partial charge < -0.3 is 9.84 Å². The normalized spacial score (nSPS) is 42.2. The van der Waals surface area contributed by atoms with E-state index in [9.17, 15) is 14.7 Å². The quantitative estimate of drug-likeness (QED) is 0.783. The maximum absolute atomic E-state index is 11.8. The van der Waals surface area contributed by atoms with Gasteiger partial charge in [-0.2, -0.15) is 0 Å². The molecule has 0 amide bonds. The number of aliphatic carboxylic acids is 1. The molecule has 0 spiro atoms. The van der Waals surface area contributed by atoms with Crippen molar-refractivity contribution in [3.05, 3.63) is 11.6 Å². The molecule has 24 heavy (non-hydrogen) atoms. The number of carbonyl (C=O) groups is 2. The average molecular weight is 334 g/mol. The third kappa shape index (κ3) is 2.68.